The van der Waals surface area contributed by atoms with E-state index in [1.807, 2.05) is 0 Å². The Balaban J connectivity index is 2.33. The first-order valence-corrected chi connectivity index (χ1v) is 9.19. The lowest BCUT2D eigenvalue weighted by Crippen LogP contribution is -2.07. The molecular formula is C17H13Cl2NO3S. The highest BCUT2D eigenvalue weighted by atomic mass is 35.5. The molecule has 0 saturated carbocycles. The molecule has 0 aromatic heterocycles. The minimum Gasteiger partial charge on any atom is -0.497 e. The molecule has 2 aromatic rings. The van der Waals surface area contributed by atoms with Gasteiger partial charge in [-0.05, 0) is 41.5 Å². The molecule has 0 atom stereocenters. The molecule has 2 aromatic carbocycles. The summed E-state index contributed by atoms with van der Waals surface area (Å²) in [5.74, 6) is 0.264. The molecular weight excluding hydrogens is 369 g/mol. The lowest BCUT2D eigenvalue weighted by molar-refractivity contribution is 0.415. The summed E-state index contributed by atoms with van der Waals surface area (Å²) in [4.78, 5) is -0.335. The van der Waals surface area contributed by atoms with E-state index >= 15 is 0 Å². The van der Waals surface area contributed by atoms with Crippen molar-refractivity contribution in [1.82, 2.24) is 0 Å². The highest BCUT2D eigenvalue weighted by Crippen LogP contribution is 2.25. The fourth-order valence-corrected chi connectivity index (χ4v) is 3.79. The van der Waals surface area contributed by atoms with Crippen molar-refractivity contribution in [2.45, 2.75) is 5.75 Å². The van der Waals surface area contributed by atoms with Gasteiger partial charge in [-0.25, -0.2) is 8.42 Å². The lowest BCUT2D eigenvalue weighted by atomic mass is 10.2. The average Bonchev–Trinajstić information content (AvgIpc) is 2.55. The molecule has 0 radical (unpaired) electrons. The van der Waals surface area contributed by atoms with Gasteiger partial charge in [-0.2, -0.15) is 5.26 Å². The largest absolute Gasteiger partial charge is 0.497 e. The highest BCUT2D eigenvalue weighted by molar-refractivity contribution is 7.95. The Morgan fingerprint density at radius 1 is 1.21 bits per heavy atom. The van der Waals surface area contributed by atoms with Crippen LogP contribution >= 0.6 is 23.2 Å². The monoisotopic (exact) mass is 381 g/mol. The zero-order valence-corrected chi connectivity index (χ0v) is 15.0. The van der Waals surface area contributed by atoms with Crippen LogP contribution in [0.3, 0.4) is 0 Å². The van der Waals surface area contributed by atoms with Gasteiger partial charge in [0.2, 0.25) is 0 Å². The maximum absolute atomic E-state index is 12.5. The molecule has 0 bridgehead atoms. The zero-order valence-electron chi connectivity index (χ0n) is 12.7. The van der Waals surface area contributed by atoms with Gasteiger partial charge in [0.1, 0.15) is 16.7 Å². The number of allylic oxidation sites excluding steroid dienone is 1. The van der Waals surface area contributed by atoms with Gasteiger partial charge in [0.15, 0.2) is 9.84 Å². The fourth-order valence-electron chi connectivity index (χ4n) is 1.96. The highest BCUT2D eigenvalue weighted by Gasteiger charge is 2.20. The Morgan fingerprint density at radius 3 is 2.42 bits per heavy atom. The molecule has 0 aliphatic rings. The number of halogens is 2. The van der Waals surface area contributed by atoms with E-state index in [0.29, 0.717) is 21.9 Å². The second-order valence-corrected chi connectivity index (χ2v) is 7.69. The average molecular weight is 382 g/mol. The third kappa shape index (κ3) is 4.51. The van der Waals surface area contributed by atoms with Crippen LogP contribution in [-0.2, 0) is 15.6 Å². The quantitative estimate of drug-likeness (QED) is 0.715. The number of rotatable bonds is 5. The summed E-state index contributed by atoms with van der Waals surface area (Å²) in [6.07, 6.45) is 1.32. The molecule has 24 heavy (non-hydrogen) atoms. The van der Waals surface area contributed by atoms with Gasteiger partial charge >= 0.3 is 0 Å². The van der Waals surface area contributed by atoms with E-state index in [-0.39, 0.29) is 15.7 Å². The number of ether oxygens (including phenoxy) is 1. The van der Waals surface area contributed by atoms with Crippen LogP contribution in [0.5, 0.6) is 5.75 Å². The first-order valence-electron chi connectivity index (χ1n) is 6.78. The molecule has 0 amide bonds. The molecule has 0 fully saturated rings. The van der Waals surface area contributed by atoms with Crippen molar-refractivity contribution in [3.05, 3.63) is 68.5 Å². The predicted octanol–water partition coefficient (Wildman–Crippen LogP) is 4.48. The second kappa shape index (κ2) is 7.71. The number of methoxy groups -OCH3 is 1. The van der Waals surface area contributed by atoms with Gasteiger partial charge in [-0.1, -0.05) is 41.4 Å². The van der Waals surface area contributed by atoms with Gasteiger partial charge < -0.3 is 4.74 Å². The van der Waals surface area contributed by atoms with Gasteiger partial charge in [-0.15, -0.1) is 0 Å². The van der Waals surface area contributed by atoms with Crippen molar-refractivity contribution in [3.8, 4) is 11.8 Å². The van der Waals surface area contributed by atoms with Gasteiger partial charge in [-0.3, -0.25) is 0 Å². The maximum atomic E-state index is 12.5. The normalized spacial score (nSPS) is 11.8. The van der Waals surface area contributed by atoms with Crippen molar-refractivity contribution in [2.75, 3.05) is 7.11 Å². The summed E-state index contributed by atoms with van der Waals surface area (Å²) in [5.41, 5.74) is 0.968. The van der Waals surface area contributed by atoms with Crippen LogP contribution in [0.1, 0.15) is 11.1 Å². The van der Waals surface area contributed by atoms with Crippen LogP contribution in [0.25, 0.3) is 6.08 Å². The summed E-state index contributed by atoms with van der Waals surface area (Å²) < 4.78 is 30.0. The molecule has 0 unspecified atom stereocenters. The summed E-state index contributed by atoms with van der Waals surface area (Å²) >= 11 is 11.8. The second-order valence-electron chi connectivity index (χ2n) is 4.89. The van der Waals surface area contributed by atoms with Gasteiger partial charge in [0.25, 0.3) is 0 Å². The molecule has 0 aliphatic carbocycles. The molecule has 0 spiro atoms. The number of hydrogen-bond donors (Lipinski definition) is 0. The van der Waals surface area contributed by atoms with Crippen LogP contribution < -0.4 is 4.74 Å². The molecule has 0 aliphatic heterocycles. The maximum Gasteiger partial charge on any atom is 0.192 e. The van der Waals surface area contributed by atoms with E-state index in [4.69, 9.17) is 27.9 Å². The van der Waals surface area contributed by atoms with Crippen molar-refractivity contribution in [3.63, 3.8) is 0 Å². The lowest BCUT2D eigenvalue weighted by Gasteiger charge is -2.06. The van der Waals surface area contributed by atoms with Crippen LogP contribution in [0.15, 0.2) is 47.4 Å². The topological polar surface area (TPSA) is 67.2 Å². The van der Waals surface area contributed by atoms with E-state index in [1.165, 1.54) is 25.3 Å². The smallest absolute Gasteiger partial charge is 0.192 e. The standard InChI is InChI=1S/C17H13Cl2NO3S/c1-23-15-6-2-12(3-7-15)8-16(10-20)24(21,22)11-13-4-5-14(18)9-17(13)19/h2-9H,11H2,1H3/b16-8+. The molecule has 2 rings (SSSR count). The third-order valence-corrected chi connectivity index (χ3v) is 5.38. The van der Waals surface area contributed by atoms with Crippen LogP contribution in [0.4, 0.5) is 0 Å². The van der Waals surface area contributed by atoms with Crippen LogP contribution in [0.2, 0.25) is 10.0 Å². The molecule has 0 saturated heterocycles. The number of nitrogens with zero attached hydrogens (tertiary/aromatic N) is 1. The summed E-state index contributed by atoms with van der Waals surface area (Å²) in [6, 6.07) is 13.0. The van der Waals surface area contributed by atoms with Crippen molar-refractivity contribution in [2.24, 2.45) is 0 Å². The van der Waals surface area contributed by atoms with Crippen LogP contribution in [-0.4, -0.2) is 15.5 Å². The molecule has 7 heteroatoms. The van der Waals surface area contributed by atoms with Crippen molar-refractivity contribution in [1.29, 1.82) is 5.26 Å². The molecule has 0 heterocycles. The van der Waals surface area contributed by atoms with E-state index in [9.17, 15) is 13.7 Å². The molecule has 124 valence electrons. The Morgan fingerprint density at radius 2 is 1.88 bits per heavy atom. The minimum absolute atomic E-state index is 0.243. The van der Waals surface area contributed by atoms with Gasteiger partial charge in [0, 0.05) is 10.0 Å². The van der Waals surface area contributed by atoms with E-state index < -0.39 is 9.84 Å². The third-order valence-electron chi connectivity index (χ3n) is 3.22. The Bertz CT molecular complexity index is 914. The zero-order chi connectivity index (χ0) is 17.7. The predicted molar refractivity (Wildman–Crippen MR) is 95.7 cm³/mol. The number of nitriles is 1. The molecule has 4 nitrogen and oxygen atoms in total. The van der Waals surface area contributed by atoms with E-state index in [2.05, 4.69) is 0 Å². The molecule has 0 N–H and O–H groups in total. The SMILES string of the molecule is COc1ccc(/C=C(\C#N)S(=O)(=O)Cc2ccc(Cl)cc2Cl)cc1. The van der Waals surface area contributed by atoms with Crippen LogP contribution in [0, 0.1) is 11.3 Å². The number of sulfone groups is 1. The van der Waals surface area contributed by atoms with Crippen molar-refractivity contribution < 1.29 is 13.2 Å². The summed E-state index contributed by atoms with van der Waals surface area (Å²) in [7, 11) is -2.30. The van der Waals surface area contributed by atoms with E-state index in [0.717, 1.165) is 0 Å². The summed E-state index contributed by atoms with van der Waals surface area (Å²) in [5, 5.41) is 9.89. The first kappa shape index (κ1) is 18.3. The fraction of sp³-hybridized carbons (Fsp3) is 0.118. The Hall–Kier alpha value is -2.00. The van der Waals surface area contributed by atoms with Crippen molar-refractivity contribution >= 4 is 39.1 Å². The van der Waals surface area contributed by atoms with E-state index in [1.54, 1.807) is 36.4 Å². The first-order chi connectivity index (χ1) is 11.4. The summed E-state index contributed by atoms with van der Waals surface area (Å²) in [6.45, 7) is 0. The Labute approximate surface area is 150 Å². The van der Waals surface area contributed by atoms with Gasteiger partial charge in [0.05, 0.1) is 12.9 Å². The minimum atomic E-state index is -3.83. The number of benzene rings is 2. The Kier molecular flexibility index (Phi) is 5.89. The number of hydrogen-bond acceptors (Lipinski definition) is 4.